The summed E-state index contributed by atoms with van der Waals surface area (Å²) in [4.78, 5) is 30.2. The number of sulfonamides is 1. The van der Waals surface area contributed by atoms with E-state index in [4.69, 9.17) is 0 Å². The maximum Gasteiger partial charge on any atom is 0.256 e. The average molecular weight is 385 g/mol. The van der Waals surface area contributed by atoms with Crippen molar-refractivity contribution in [1.82, 2.24) is 24.1 Å². The highest BCUT2D eigenvalue weighted by Gasteiger charge is 2.25. The minimum absolute atomic E-state index is 0.0738. The molecule has 0 saturated carbocycles. The van der Waals surface area contributed by atoms with Crippen LogP contribution in [-0.4, -0.2) is 78.1 Å². The van der Waals surface area contributed by atoms with E-state index in [9.17, 15) is 18.0 Å². The Morgan fingerprint density at radius 1 is 1.27 bits per heavy atom. The van der Waals surface area contributed by atoms with E-state index in [1.807, 2.05) is 0 Å². The molecule has 0 aromatic carbocycles. The van der Waals surface area contributed by atoms with Crippen molar-refractivity contribution in [2.24, 2.45) is 7.05 Å². The summed E-state index contributed by atoms with van der Waals surface area (Å²) in [5.41, 5.74) is 0.824. The quantitative estimate of drug-likeness (QED) is 0.627. The van der Waals surface area contributed by atoms with Crippen LogP contribution in [0.15, 0.2) is 11.1 Å². The van der Waals surface area contributed by atoms with Crippen LogP contribution in [0, 0.1) is 6.92 Å². The van der Waals surface area contributed by atoms with Crippen LogP contribution in [-0.2, 0) is 28.3 Å². The Kier molecular flexibility index (Phi) is 6.90. The van der Waals surface area contributed by atoms with E-state index in [0.717, 1.165) is 0 Å². The molecule has 0 aliphatic carbocycles. The van der Waals surface area contributed by atoms with Crippen molar-refractivity contribution in [3.63, 3.8) is 0 Å². The van der Waals surface area contributed by atoms with Crippen molar-refractivity contribution in [2.45, 2.75) is 20.3 Å². The van der Waals surface area contributed by atoms with E-state index < -0.39 is 10.0 Å². The Labute approximate surface area is 154 Å². The van der Waals surface area contributed by atoms with Gasteiger partial charge >= 0.3 is 0 Å². The number of carbonyl (C=O) groups is 1. The second-order valence-electron chi connectivity index (χ2n) is 6.40. The van der Waals surface area contributed by atoms with Gasteiger partial charge in [0.15, 0.2) is 0 Å². The minimum atomic E-state index is -3.12. The summed E-state index contributed by atoms with van der Waals surface area (Å²) in [5, 5.41) is 2.83. The van der Waals surface area contributed by atoms with Crippen molar-refractivity contribution in [3.8, 4) is 0 Å². The van der Waals surface area contributed by atoms with Crippen molar-refractivity contribution in [1.29, 1.82) is 0 Å². The van der Waals surface area contributed by atoms with Gasteiger partial charge in [-0.3, -0.25) is 14.5 Å². The number of aromatic nitrogens is 2. The summed E-state index contributed by atoms with van der Waals surface area (Å²) in [6.45, 7) is 6.74. The molecular formula is C16H27N5O4S. The monoisotopic (exact) mass is 385 g/mol. The fourth-order valence-corrected chi connectivity index (χ4v) is 3.94. The summed E-state index contributed by atoms with van der Waals surface area (Å²) in [6.07, 6.45) is 1.49. The smallest absolute Gasteiger partial charge is 0.256 e. The summed E-state index contributed by atoms with van der Waals surface area (Å²) < 4.78 is 26.6. The van der Waals surface area contributed by atoms with E-state index in [1.54, 1.807) is 20.9 Å². The molecule has 1 N–H and O–H groups in total. The minimum Gasteiger partial charge on any atom is -0.354 e. The molecule has 1 amide bonds. The molecule has 10 heteroatoms. The zero-order valence-corrected chi connectivity index (χ0v) is 16.4. The molecule has 9 nitrogen and oxygen atoms in total. The molecule has 1 aromatic heterocycles. The lowest BCUT2D eigenvalue weighted by molar-refractivity contribution is -0.120. The Bertz CT molecular complexity index is 797. The van der Waals surface area contributed by atoms with Gasteiger partial charge in [0.1, 0.15) is 0 Å². The van der Waals surface area contributed by atoms with Gasteiger partial charge in [0, 0.05) is 51.9 Å². The highest BCUT2D eigenvalue weighted by Crippen LogP contribution is 2.07. The number of rotatable bonds is 7. The number of hydrogen-bond donors (Lipinski definition) is 1. The van der Waals surface area contributed by atoms with Crippen molar-refractivity contribution < 1.29 is 13.2 Å². The predicted octanol–water partition coefficient (Wildman–Crippen LogP) is -1.29. The number of carbonyl (C=O) groups excluding carboxylic acids is 1. The average Bonchev–Trinajstić information content (AvgIpc) is 2.62. The Hall–Kier alpha value is -1.78. The van der Waals surface area contributed by atoms with Crippen LogP contribution >= 0.6 is 0 Å². The first kappa shape index (κ1) is 20.5. The molecule has 0 unspecified atom stereocenters. The van der Waals surface area contributed by atoms with Gasteiger partial charge in [-0.1, -0.05) is 0 Å². The lowest BCUT2D eigenvalue weighted by Crippen LogP contribution is -2.50. The number of nitrogens with zero attached hydrogens (tertiary/aromatic N) is 4. The maximum atomic E-state index is 12.1. The van der Waals surface area contributed by atoms with Crippen molar-refractivity contribution in [3.05, 3.63) is 27.9 Å². The largest absolute Gasteiger partial charge is 0.354 e. The number of hydrogen-bond acceptors (Lipinski definition) is 6. The summed E-state index contributed by atoms with van der Waals surface area (Å²) in [7, 11) is -1.50. The van der Waals surface area contributed by atoms with Crippen LogP contribution in [0.5, 0.6) is 0 Å². The van der Waals surface area contributed by atoms with Crippen molar-refractivity contribution >= 4 is 15.9 Å². The Morgan fingerprint density at radius 3 is 2.54 bits per heavy atom. The van der Waals surface area contributed by atoms with Crippen LogP contribution in [0.3, 0.4) is 0 Å². The van der Waals surface area contributed by atoms with Crippen molar-refractivity contribution in [2.75, 3.05) is 45.0 Å². The molecule has 146 valence electrons. The van der Waals surface area contributed by atoms with E-state index >= 15 is 0 Å². The first-order valence-electron chi connectivity index (χ1n) is 8.72. The molecule has 26 heavy (non-hydrogen) atoms. The normalized spacial score (nSPS) is 16.6. The highest BCUT2D eigenvalue weighted by atomic mass is 32.2. The lowest BCUT2D eigenvalue weighted by atomic mass is 10.2. The molecule has 1 aliphatic heterocycles. The van der Waals surface area contributed by atoms with Gasteiger partial charge in [0.05, 0.1) is 24.2 Å². The summed E-state index contributed by atoms with van der Waals surface area (Å²) >= 11 is 0. The van der Waals surface area contributed by atoms with Gasteiger partial charge in [-0.25, -0.2) is 13.4 Å². The maximum absolute atomic E-state index is 12.1. The van der Waals surface area contributed by atoms with E-state index in [-0.39, 0.29) is 23.6 Å². The highest BCUT2D eigenvalue weighted by molar-refractivity contribution is 7.89. The van der Waals surface area contributed by atoms with Gasteiger partial charge in [0.2, 0.25) is 15.9 Å². The number of aryl methyl sites for hydroxylation is 1. The summed E-state index contributed by atoms with van der Waals surface area (Å²) in [6, 6.07) is 0. The zero-order chi connectivity index (χ0) is 19.3. The van der Waals surface area contributed by atoms with Gasteiger partial charge in [0.25, 0.3) is 5.56 Å². The third kappa shape index (κ3) is 5.12. The number of piperazine rings is 1. The third-order valence-electron chi connectivity index (χ3n) is 4.63. The van der Waals surface area contributed by atoms with Crippen LogP contribution < -0.4 is 10.9 Å². The standard InChI is InChI=1S/C16H27N5O4S/c1-4-26(24,25)21-9-7-20(8-10-21)6-5-17-15(22)11-14-13(2)16(23)19(3)12-18-14/h12H,4-11H2,1-3H3,(H,17,22). The molecule has 1 aromatic rings. The second kappa shape index (κ2) is 8.74. The summed E-state index contributed by atoms with van der Waals surface area (Å²) in [5.74, 6) is -0.0555. The second-order valence-corrected chi connectivity index (χ2v) is 8.66. The molecule has 1 aliphatic rings. The van der Waals surface area contributed by atoms with Gasteiger partial charge < -0.3 is 9.88 Å². The van der Waals surface area contributed by atoms with Crippen LogP contribution in [0.4, 0.5) is 0 Å². The molecule has 2 rings (SSSR count). The molecular weight excluding hydrogens is 358 g/mol. The van der Waals surface area contributed by atoms with Gasteiger partial charge in [-0.05, 0) is 13.8 Å². The fraction of sp³-hybridized carbons (Fsp3) is 0.688. The van der Waals surface area contributed by atoms with E-state index in [2.05, 4.69) is 15.2 Å². The molecule has 0 spiro atoms. The SMILES string of the molecule is CCS(=O)(=O)N1CCN(CCNC(=O)Cc2ncn(C)c(=O)c2C)CC1. The number of nitrogens with one attached hydrogen (secondary N) is 1. The first-order valence-corrected chi connectivity index (χ1v) is 10.3. The zero-order valence-electron chi connectivity index (χ0n) is 15.6. The molecule has 1 saturated heterocycles. The van der Waals surface area contributed by atoms with Crippen LogP contribution in [0.2, 0.25) is 0 Å². The van der Waals surface area contributed by atoms with E-state index in [1.165, 1.54) is 15.2 Å². The Balaban J connectivity index is 1.75. The third-order valence-corrected chi connectivity index (χ3v) is 6.51. The Morgan fingerprint density at radius 2 is 1.92 bits per heavy atom. The van der Waals surface area contributed by atoms with E-state index in [0.29, 0.717) is 50.5 Å². The molecule has 1 fully saturated rings. The molecule has 0 atom stereocenters. The fourth-order valence-electron chi connectivity index (χ4n) is 2.85. The first-order chi connectivity index (χ1) is 12.2. The predicted molar refractivity (Wildman–Crippen MR) is 98.4 cm³/mol. The van der Waals surface area contributed by atoms with Crippen LogP contribution in [0.25, 0.3) is 0 Å². The van der Waals surface area contributed by atoms with Gasteiger partial charge in [-0.2, -0.15) is 4.31 Å². The topological polar surface area (TPSA) is 105 Å². The van der Waals surface area contributed by atoms with Crippen LogP contribution in [0.1, 0.15) is 18.2 Å². The number of amides is 1. The lowest BCUT2D eigenvalue weighted by Gasteiger charge is -2.33. The molecule has 0 radical (unpaired) electrons. The molecule has 2 heterocycles. The van der Waals surface area contributed by atoms with Gasteiger partial charge in [-0.15, -0.1) is 0 Å². The molecule has 0 bridgehead atoms.